The van der Waals surface area contributed by atoms with Gasteiger partial charge in [0.1, 0.15) is 11.6 Å². The Morgan fingerprint density at radius 3 is 2.65 bits per heavy atom. The molecule has 1 amide bonds. The van der Waals surface area contributed by atoms with Crippen LogP contribution in [0.1, 0.15) is 41.8 Å². The maximum absolute atomic E-state index is 11.8. The van der Waals surface area contributed by atoms with Gasteiger partial charge in [0.05, 0.1) is 0 Å². The summed E-state index contributed by atoms with van der Waals surface area (Å²) in [5.74, 6) is 1.03. The number of nitrogens with zero attached hydrogens (tertiary/aromatic N) is 2. The molecule has 1 aromatic heterocycles. The number of phenols is 1. The Bertz CT molecular complexity index is 575. The SMILES string of the molecule is CC(C)c1nc(C(=O)NCCc2ccc(O)cc2)n[nH]1. The highest BCUT2D eigenvalue weighted by Gasteiger charge is 2.13. The van der Waals surface area contributed by atoms with E-state index >= 15 is 0 Å². The third kappa shape index (κ3) is 3.57. The molecule has 0 bridgehead atoms. The second kappa shape index (κ2) is 6.18. The molecule has 0 aliphatic carbocycles. The lowest BCUT2D eigenvalue weighted by Gasteiger charge is -2.03. The van der Waals surface area contributed by atoms with Crippen LogP contribution in [0.5, 0.6) is 5.75 Å². The molecule has 2 rings (SSSR count). The molecule has 0 unspecified atom stereocenters. The summed E-state index contributed by atoms with van der Waals surface area (Å²) in [5, 5.41) is 18.6. The summed E-state index contributed by atoms with van der Waals surface area (Å²) in [6.45, 7) is 4.45. The number of phenolic OH excluding ortho intramolecular Hbond substituents is 1. The van der Waals surface area contributed by atoms with Crippen LogP contribution in [0.25, 0.3) is 0 Å². The number of hydrogen-bond acceptors (Lipinski definition) is 4. The van der Waals surface area contributed by atoms with Crippen molar-refractivity contribution in [3.63, 3.8) is 0 Å². The highest BCUT2D eigenvalue weighted by atomic mass is 16.3. The Hall–Kier alpha value is -2.37. The van der Waals surface area contributed by atoms with Crippen LogP contribution in [0.2, 0.25) is 0 Å². The normalized spacial score (nSPS) is 10.8. The molecule has 1 aromatic carbocycles. The number of hydrogen-bond donors (Lipinski definition) is 3. The van der Waals surface area contributed by atoms with Gasteiger partial charge in [-0.3, -0.25) is 9.89 Å². The fourth-order valence-electron chi connectivity index (χ4n) is 1.70. The average Bonchev–Trinajstić information content (AvgIpc) is 2.91. The number of nitrogens with one attached hydrogen (secondary N) is 2. The van der Waals surface area contributed by atoms with Crippen molar-refractivity contribution >= 4 is 5.91 Å². The second-order valence-electron chi connectivity index (χ2n) is 4.87. The van der Waals surface area contributed by atoms with Crippen LogP contribution in [0, 0.1) is 0 Å². The van der Waals surface area contributed by atoms with E-state index in [0.717, 1.165) is 5.56 Å². The summed E-state index contributed by atoms with van der Waals surface area (Å²) in [6.07, 6.45) is 0.688. The quantitative estimate of drug-likeness (QED) is 0.772. The number of benzene rings is 1. The van der Waals surface area contributed by atoms with Crippen molar-refractivity contribution in [1.29, 1.82) is 0 Å². The molecule has 0 aliphatic heterocycles. The van der Waals surface area contributed by atoms with E-state index in [-0.39, 0.29) is 23.4 Å². The van der Waals surface area contributed by atoms with Gasteiger partial charge in [-0.25, -0.2) is 4.98 Å². The molecule has 0 spiro atoms. The lowest BCUT2D eigenvalue weighted by molar-refractivity contribution is 0.0944. The van der Waals surface area contributed by atoms with Gasteiger partial charge in [0.15, 0.2) is 0 Å². The molecule has 0 saturated heterocycles. The van der Waals surface area contributed by atoms with Crippen molar-refractivity contribution in [2.45, 2.75) is 26.2 Å². The van der Waals surface area contributed by atoms with E-state index in [9.17, 15) is 9.90 Å². The van der Waals surface area contributed by atoms with Crippen LogP contribution in [0.15, 0.2) is 24.3 Å². The molecule has 2 aromatic rings. The summed E-state index contributed by atoms with van der Waals surface area (Å²) < 4.78 is 0. The van der Waals surface area contributed by atoms with E-state index in [2.05, 4.69) is 20.5 Å². The Kier molecular flexibility index (Phi) is 4.34. The molecule has 3 N–H and O–H groups in total. The molecule has 0 radical (unpaired) electrons. The third-order valence-electron chi connectivity index (χ3n) is 2.89. The van der Waals surface area contributed by atoms with Crippen molar-refractivity contribution in [2.75, 3.05) is 6.54 Å². The number of aromatic hydroxyl groups is 1. The minimum absolute atomic E-state index is 0.166. The van der Waals surface area contributed by atoms with Crippen LogP contribution in [-0.2, 0) is 6.42 Å². The Morgan fingerprint density at radius 1 is 1.35 bits per heavy atom. The first kappa shape index (κ1) is 14.0. The van der Waals surface area contributed by atoms with Crippen LogP contribution in [0.3, 0.4) is 0 Å². The molecule has 6 nitrogen and oxygen atoms in total. The van der Waals surface area contributed by atoms with Gasteiger partial charge in [0.2, 0.25) is 5.82 Å². The third-order valence-corrected chi connectivity index (χ3v) is 2.89. The minimum atomic E-state index is -0.285. The summed E-state index contributed by atoms with van der Waals surface area (Å²) in [5.41, 5.74) is 1.04. The second-order valence-corrected chi connectivity index (χ2v) is 4.87. The summed E-state index contributed by atoms with van der Waals surface area (Å²) >= 11 is 0. The number of rotatable bonds is 5. The average molecular weight is 274 g/mol. The molecule has 0 aliphatic rings. The summed E-state index contributed by atoms with van der Waals surface area (Å²) in [4.78, 5) is 16.0. The molecule has 20 heavy (non-hydrogen) atoms. The predicted octanol–water partition coefficient (Wildman–Crippen LogP) is 1.61. The topological polar surface area (TPSA) is 90.9 Å². The Morgan fingerprint density at radius 2 is 2.05 bits per heavy atom. The minimum Gasteiger partial charge on any atom is -0.508 e. The molecule has 1 heterocycles. The van der Waals surface area contributed by atoms with E-state index in [4.69, 9.17) is 0 Å². The van der Waals surface area contributed by atoms with Crippen LogP contribution >= 0.6 is 0 Å². The number of aromatic nitrogens is 3. The molecular weight excluding hydrogens is 256 g/mol. The zero-order valence-corrected chi connectivity index (χ0v) is 11.6. The zero-order valence-electron chi connectivity index (χ0n) is 11.6. The first-order valence-corrected chi connectivity index (χ1v) is 6.54. The number of H-pyrrole nitrogens is 1. The molecule has 0 fully saturated rings. The van der Waals surface area contributed by atoms with Crippen molar-refractivity contribution in [3.8, 4) is 5.75 Å². The van der Waals surface area contributed by atoms with Gasteiger partial charge in [-0.2, -0.15) is 0 Å². The Labute approximate surface area is 117 Å². The molecule has 106 valence electrons. The fraction of sp³-hybridized carbons (Fsp3) is 0.357. The molecule has 0 saturated carbocycles. The number of carbonyl (C=O) groups excluding carboxylic acids is 1. The highest BCUT2D eigenvalue weighted by molar-refractivity contribution is 5.90. The molecule has 0 atom stereocenters. The number of aromatic amines is 1. The van der Waals surface area contributed by atoms with Crippen LogP contribution < -0.4 is 5.32 Å². The summed E-state index contributed by atoms with van der Waals surface area (Å²) in [6, 6.07) is 6.90. The van der Waals surface area contributed by atoms with E-state index < -0.39 is 0 Å². The van der Waals surface area contributed by atoms with Gasteiger partial charge in [0, 0.05) is 12.5 Å². The smallest absolute Gasteiger partial charge is 0.290 e. The standard InChI is InChI=1S/C14H18N4O2/c1-9(2)12-16-13(18-17-12)14(20)15-8-7-10-3-5-11(19)6-4-10/h3-6,9,19H,7-8H2,1-2H3,(H,15,20)(H,16,17,18). The largest absolute Gasteiger partial charge is 0.508 e. The van der Waals surface area contributed by atoms with Gasteiger partial charge in [0.25, 0.3) is 5.91 Å². The van der Waals surface area contributed by atoms with Crippen molar-refractivity contribution in [3.05, 3.63) is 41.5 Å². The molecular formula is C14H18N4O2. The fourth-order valence-corrected chi connectivity index (χ4v) is 1.70. The van der Waals surface area contributed by atoms with Gasteiger partial charge in [-0.15, -0.1) is 5.10 Å². The van der Waals surface area contributed by atoms with Gasteiger partial charge < -0.3 is 10.4 Å². The first-order chi connectivity index (χ1) is 9.56. The van der Waals surface area contributed by atoms with Gasteiger partial charge >= 0.3 is 0 Å². The van der Waals surface area contributed by atoms with Crippen molar-refractivity contribution in [2.24, 2.45) is 0 Å². The van der Waals surface area contributed by atoms with Gasteiger partial charge in [-0.05, 0) is 24.1 Å². The zero-order chi connectivity index (χ0) is 14.5. The number of amides is 1. The van der Waals surface area contributed by atoms with Crippen molar-refractivity contribution in [1.82, 2.24) is 20.5 Å². The van der Waals surface area contributed by atoms with E-state index in [1.54, 1.807) is 12.1 Å². The predicted molar refractivity (Wildman–Crippen MR) is 74.6 cm³/mol. The van der Waals surface area contributed by atoms with E-state index in [1.165, 1.54) is 0 Å². The molecule has 6 heteroatoms. The lowest BCUT2D eigenvalue weighted by atomic mass is 10.1. The summed E-state index contributed by atoms with van der Waals surface area (Å²) in [7, 11) is 0. The Balaban J connectivity index is 1.84. The monoisotopic (exact) mass is 274 g/mol. The number of carbonyl (C=O) groups is 1. The van der Waals surface area contributed by atoms with Crippen molar-refractivity contribution < 1.29 is 9.90 Å². The lowest BCUT2D eigenvalue weighted by Crippen LogP contribution is -2.26. The first-order valence-electron chi connectivity index (χ1n) is 6.54. The van der Waals surface area contributed by atoms with Crippen LogP contribution in [0.4, 0.5) is 0 Å². The van der Waals surface area contributed by atoms with E-state index in [0.29, 0.717) is 18.8 Å². The highest BCUT2D eigenvalue weighted by Crippen LogP contribution is 2.10. The maximum atomic E-state index is 11.8. The van der Waals surface area contributed by atoms with Crippen LogP contribution in [-0.4, -0.2) is 32.7 Å². The van der Waals surface area contributed by atoms with E-state index in [1.807, 2.05) is 26.0 Å². The van der Waals surface area contributed by atoms with Gasteiger partial charge in [-0.1, -0.05) is 26.0 Å². The maximum Gasteiger partial charge on any atom is 0.290 e.